The Morgan fingerprint density at radius 1 is 1.33 bits per heavy atom. The molecule has 2 rings (SSSR count). The van der Waals surface area contributed by atoms with Crippen molar-refractivity contribution in [2.24, 2.45) is 0 Å². The number of carbonyl (C=O) groups is 1. The maximum atomic E-state index is 11.0. The number of hydrogen-bond donors (Lipinski definition) is 1. The van der Waals surface area contributed by atoms with E-state index in [4.69, 9.17) is 9.84 Å². The van der Waals surface area contributed by atoms with E-state index in [-0.39, 0.29) is 18.3 Å². The summed E-state index contributed by atoms with van der Waals surface area (Å²) < 4.78 is 5.79. The van der Waals surface area contributed by atoms with E-state index in [1.807, 2.05) is 0 Å². The number of aromatic nitrogens is 2. The maximum Gasteiger partial charge on any atom is 0.339 e. The van der Waals surface area contributed by atoms with E-state index < -0.39 is 5.97 Å². The van der Waals surface area contributed by atoms with Crippen molar-refractivity contribution in [3.63, 3.8) is 0 Å². The average Bonchev–Trinajstić information content (AvgIpc) is 2.65. The van der Waals surface area contributed by atoms with Gasteiger partial charge < -0.3 is 9.84 Å². The maximum absolute atomic E-state index is 11.0. The smallest absolute Gasteiger partial charge is 0.339 e. The highest BCUT2D eigenvalue weighted by molar-refractivity contribution is 5.88. The standard InChI is InChI=1S/C13H18N2O3/c16-13(17)11-7-14-9-15-12(11)8-18-10-5-3-1-2-4-6-10/h7,9-10H,1-6,8H2,(H,16,17). The van der Waals surface area contributed by atoms with Crippen LogP contribution in [0.5, 0.6) is 0 Å². The van der Waals surface area contributed by atoms with Crippen LogP contribution in [0.1, 0.15) is 54.6 Å². The third-order valence-corrected chi connectivity index (χ3v) is 3.28. The minimum Gasteiger partial charge on any atom is -0.478 e. The lowest BCUT2D eigenvalue weighted by Crippen LogP contribution is -2.14. The summed E-state index contributed by atoms with van der Waals surface area (Å²) in [6, 6.07) is 0. The lowest BCUT2D eigenvalue weighted by molar-refractivity contribution is 0.0281. The second-order valence-electron chi connectivity index (χ2n) is 4.61. The predicted molar refractivity (Wildman–Crippen MR) is 65.3 cm³/mol. The van der Waals surface area contributed by atoms with Crippen molar-refractivity contribution in [1.29, 1.82) is 0 Å². The van der Waals surface area contributed by atoms with Crippen LogP contribution in [-0.4, -0.2) is 27.1 Å². The number of aromatic carboxylic acids is 1. The topological polar surface area (TPSA) is 72.3 Å². The molecule has 0 unspecified atom stereocenters. The molecule has 0 aromatic carbocycles. The summed E-state index contributed by atoms with van der Waals surface area (Å²) in [6.07, 6.45) is 9.98. The third kappa shape index (κ3) is 3.50. The SMILES string of the molecule is O=C(O)c1cncnc1COC1CCCCCC1. The zero-order valence-electron chi connectivity index (χ0n) is 10.3. The minimum atomic E-state index is -1.00. The van der Waals surface area contributed by atoms with E-state index in [9.17, 15) is 4.79 Å². The van der Waals surface area contributed by atoms with Crippen molar-refractivity contribution >= 4 is 5.97 Å². The molecule has 0 amide bonds. The first-order valence-corrected chi connectivity index (χ1v) is 6.41. The molecule has 1 aromatic rings. The van der Waals surface area contributed by atoms with Crippen LogP contribution in [0.3, 0.4) is 0 Å². The van der Waals surface area contributed by atoms with Gasteiger partial charge in [-0.1, -0.05) is 25.7 Å². The van der Waals surface area contributed by atoms with E-state index in [0.29, 0.717) is 5.69 Å². The Bertz CT molecular complexity index is 401. The van der Waals surface area contributed by atoms with Gasteiger partial charge in [0, 0.05) is 6.20 Å². The lowest BCUT2D eigenvalue weighted by atomic mass is 10.1. The highest BCUT2D eigenvalue weighted by Gasteiger charge is 2.16. The van der Waals surface area contributed by atoms with Crippen molar-refractivity contribution in [2.75, 3.05) is 0 Å². The fourth-order valence-electron chi connectivity index (χ4n) is 2.25. The fraction of sp³-hybridized carbons (Fsp3) is 0.615. The summed E-state index contributed by atoms with van der Waals surface area (Å²) >= 11 is 0. The van der Waals surface area contributed by atoms with Crippen LogP contribution in [0.2, 0.25) is 0 Å². The number of carboxylic acid groups (broad SMARTS) is 1. The number of nitrogens with zero attached hydrogens (tertiary/aromatic N) is 2. The van der Waals surface area contributed by atoms with Crippen molar-refractivity contribution in [1.82, 2.24) is 9.97 Å². The first-order valence-electron chi connectivity index (χ1n) is 6.41. The van der Waals surface area contributed by atoms with Crippen LogP contribution in [0.25, 0.3) is 0 Å². The molecule has 5 nitrogen and oxygen atoms in total. The molecule has 0 atom stereocenters. The second kappa shape index (κ2) is 6.44. The highest BCUT2D eigenvalue weighted by atomic mass is 16.5. The summed E-state index contributed by atoms with van der Waals surface area (Å²) in [5.41, 5.74) is 0.591. The molecule has 1 N–H and O–H groups in total. The minimum absolute atomic E-state index is 0.131. The van der Waals surface area contributed by atoms with Crippen molar-refractivity contribution in [3.05, 3.63) is 23.8 Å². The zero-order valence-corrected chi connectivity index (χ0v) is 10.3. The Morgan fingerprint density at radius 2 is 2.06 bits per heavy atom. The number of rotatable bonds is 4. The molecule has 98 valence electrons. The molecule has 0 spiro atoms. The molecular formula is C13H18N2O3. The van der Waals surface area contributed by atoms with Gasteiger partial charge in [-0.3, -0.25) is 0 Å². The molecule has 0 radical (unpaired) electrons. The van der Waals surface area contributed by atoms with Gasteiger partial charge in [0.15, 0.2) is 0 Å². The number of ether oxygens (including phenoxy) is 1. The largest absolute Gasteiger partial charge is 0.478 e. The van der Waals surface area contributed by atoms with Crippen molar-refractivity contribution in [2.45, 2.75) is 51.2 Å². The Hall–Kier alpha value is -1.49. The van der Waals surface area contributed by atoms with E-state index in [1.165, 1.54) is 38.2 Å². The van der Waals surface area contributed by atoms with Crippen LogP contribution in [-0.2, 0) is 11.3 Å². The van der Waals surface area contributed by atoms with Gasteiger partial charge in [0.05, 0.1) is 18.4 Å². The highest BCUT2D eigenvalue weighted by Crippen LogP contribution is 2.21. The van der Waals surface area contributed by atoms with Gasteiger partial charge in [0.25, 0.3) is 0 Å². The van der Waals surface area contributed by atoms with Crippen LogP contribution >= 0.6 is 0 Å². The second-order valence-corrected chi connectivity index (χ2v) is 4.61. The average molecular weight is 250 g/mol. The Morgan fingerprint density at radius 3 is 2.72 bits per heavy atom. The normalized spacial score (nSPS) is 17.3. The molecule has 0 bridgehead atoms. The number of hydrogen-bond acceptors (Lipinski definition) is 4. The summed E-state index contributed by atoms with van der Waals surface area (Å²) in [7, 11) is 0. The van der Waals surface area contributed by atoms with Crippen LogP contribution in [0.15, 0.2) is 12.5 Å². The molecule has 0 aliphatic heterocycles. The van der Waals surface area contributed by atoms with Crippen LogP contribution in [0, 0.1) is 0 Å². The molecule has 1 aliphatic rings. The van der Waals surface area contributed by atoms with Gasteiger partial charge in [0.2, 0.25) is 0 Å². The van der Waals surface area contributed by atoms with Gasteiger partial charge >= 0.3 is 5.97 Å². The molecule has 1 fully saturated rings. The third-order valence-electron chi connectivity index (χ3n) is 3.28. The quantitative estimate of drug-likeness (QED) is 0.831. The van der Waals surface area contributed by atoms with Crippen LogP contribution in [0.4, 0.5) is 0 Å². The van der Waals surface area contributed by atoms with Gasteiger partial charge in [-0.15, -0.1) is 0 Å². The molecule has 1 saturated carbocycles. The monoisotopic (exact) mass is 250 g/mol. The summed E-state index contributed by atoms with van der Waals surface area (Å²) in [4.78, 5) is 18.7. The molecule has 5 heteroatoms. The van der Waals surface area contributed by atoms with Crippen LogP contribution < -0.4 is 0 Å². The van der Waals surface area contributed by atoms with Gasteiger partial charge in [-0.05, 0) is 12.8 Å². The zero-order chi connectivity index (χ0) is 12.8. The fourth-order valence-corrected chi connectivity index (χ4v) is 2.25. The molecule has 1 aromatic heterocycles. The van der Waals surface area contributed by atoms with Gasteiger partial charge in [0.1, 0.15) is 11.9 Å². The van der Waals surface area contributed by atoms with Gasteiger partial charge in [-0.2, -0.15) is 0 Å². The predicted octanol–water partition coefficient (Wildman–Crippen LogP) is 2.41. The molecule has 0 saturated heterocycles. The molecular weight excluding hydrogens is 232 g/mol. The number of carboxylic acids is 1. The first kappa shape index (κ1) is 13.0. The molecule has 1 aliphatic carbocycles. The Labute approximate surface area is 106 Å². The Kier molecular flexibility index (Phi) is 4.64. The van der Waals surface area contributed by atoms with E-state index >= 15 is 0 Å². The lowest BCUT2D eigenvalue weighted by Gasteiger charge is -2.15. The summed E-state index contributed by atoms with van der Waals surface area (Å²) in [5, 5.41) is 9.01. The first-order chi connectivity index (χ1) is 8.77. The summed E-state index contributed by atoms with van der Waals surface area (Å²) in [6.45, 7) is 0.259. The van der Waals surface area contributed by atoms with E-state index in [0.717, 1.165) is 12.8 Å². The summed E-state index contributed by atoms with van der Waals surface area (Å²) in [5.74, 6) is -1.00. The molecule has 18 heavy (non-hydrogen) atoms. The van der Waals surface area contributed by atoms with E-state index in [2.05, 4.69) is 9.97 Å². The Balaban J connectivity index is 1.94. The van der Waals surface area contributed by atoms with Crippen molar-refractivity contribution < 1.29 is 14.6 Å². The van der Waals surface area contributed by atoms with Crippen molar-refractivity contribution in [3.8, 4) is 0 Å². The van der Waals surface area contributed by atoms with E-state index in [1.54, 1.807) is 0 Å². The van der Waals surface area contributed by atoms with Gasteiger partial charge in [-0.25, -0.2) is 14.8 Å². The molecule has 1 heterocycles.